The van der Waals surface area contributed by atoms with Gasteiger partial charge in [0.05, 0.1) is 22.3 Å². The Labute approximate surface area is 180 Å². The highest BCUT2D eigenvalue weighted by molar-refractivity contribution is 6.33. The zero-order chi connectivity index (χ0) is 21.5. The average molecular weight is 434 g/mol. The first kappa shape index (κ1) is 19.0. The molecular weight excluding hydrogens is 418 g/mol. The number of H-pyrrole nitrogens is 1. The third-order valence-corrected chi connectivity index (χ3v) is 5.26. The van der Waals surface area contributed by atoms with E-state index >= 15 is 0 Å². The van der Waals surface area contributed by atoms with Gasteiger partial charge in [0.15, 0.2) is 5.65 Å². The topological polar surface area (TPSA) is 110 Å². The highest BCUT2D eigenvalue weighted by atomic mass is 35.5. The van der Waals surface area contributed by atoms with E-state index in [0.717, 1.165) is 16.6 Å². The van der Waals surface area contributed by atoms with E-state index in [-0.39, 0.29) is 18.0 Å². The first-order valence-corrected chi connectivity index (χ1v) is 9.79. The van der Waals surface area contributed by atoms with Crippen molar-refractivity contribution < 1.29 is 4.79 Å². The molecule has 5 aromatic rings. The van der Waals surface area contributed by atoms with Crippen molar-refractivity contribution in [2.75, 3.05) is 5.32 Å². The van der Waals surface area contributed by atoms with Crippen LogP contribution < -0.4 is 10.9 Å². The Bertz CT molecular complexity index is 1520. The molecule has 3 heterocycles. The molecule has 154 valence electrons. The zero-order valence-electron chi connectivity index (χ0n) is 16.3. The van der Waals surface area contributed by atoms with Crippen LogP contribution in [0.15, 0.2) is 59.8 Å². The van der Waals surface area contributed by atoms with Gasteiger partial charge in [-0.05, 0) is 30.3 Å². The van der Waals surface area contributed by atoms with Gasteiger partial charge in [-0.25, -0.2) is 9.97 Å². The smallest absolute Gasteiger partial charge is 0.264 e. The minimum atomic E-state index is -0.350. The van der Waals surface area contributed by atoms with Gasteiger partial charge >= 0.3 is 0 Å². The lowest BCUT2D eigenvalue weighted by Crippen LogP contribution is -2.27. The molecular formula is C21H16ClN7O2. The number of aromatic amines is 1. The molecule has 10 heteroatoms. The monoisotopic (exact) mass is 433 g/mol. The van der Waals surface area contributed by atoms with Crippen LogP contribution in [-0.4, -0.2) is 35.2 Å². The predicted octanol–water partition coefficient (Wildman–Crippen LogP) is 2.97. The largest absolute Gasteiger partial charge is 0.338 e. The fraction of sp³-hybridized carbons (Fsp3) is 0.0952. The average Bonchev–Trinajstić information content (AvgIpc) is 3.34. The number of hydrogen-bond acceptors (Lipinski definition) is 5. The SMILES string of the molecule is Cn1ncc2c(=O)n(CC(=O)Nc3ccc4nc(-c5ccccc5Cl)[nH]c4c3)cnc21. The van der Waals surface area contributed by atoms with Crippen LogP contribution in [0.5, 0.6) is 0 Å². The number of hydrogen-bond donors (Lipinski definition) is 2. The Morgan fingerprint density at radius 3 is 2.90 bits per heavy atom. The standard InChI is InChI=1S/C21H16ClN7O2/c1-28-20-14(9-24-28)21(31)29(11-23-20)10-18(30)25-12-6-7-16-17(8-12)27-19(26-16)13-4-2-3-5-15(13)22/h2-9,11H,10H2,1H3,(H,25,30)(H,26,27). The van der Waals surface area contributed by atoms with Crippen molar-refractivity contribution >= 4 is 45.3 Å². The molecule has 9 nitrogen and oxygen atoms in total. The van der Waals surface area contributed by atoms with Gasteiger partial charge in [0, 0.05) is 18.3 Å². The molecule has 0 radical (unpaired) electrons. The highest BCUT2D eigenvalue weighted by Gasteiger charge is 2.12. The normalized spacial score (nSPS) is 11.3. The van der Waals surface area contributed by atoms with Crippen LogP contribution >= 0.6 is 11.6 Å². The number of rotatable bonds is 4. The Morgan fingerprint density at radius 2 is 2.06 bits per heavy atom. The number of carbonyl (C=O) groups is 1. The van der Waals surface area contributed by atoms with E-state index in [0.29, 0.717) is 27.6 Å². The summed E-state index contributed by atoms with van der Waals surface area (Å²) >= 11 is 6.26. The summed E-state index contributed by atoms with van der Waals surface area (Å²) in [5.41, 5.74) is 3.03. The van der Waals surface area contributed by atoms with Gasteiger partial charge in [0.1, 0.15) is 24.1 Å². The molecule has 0 saturated heterocycles. The predicted molar refractivity (Wildman–Crippen MR) is 118 cm³/mol. The number of benzene rings is 2. The Hall–Kier alpha value is -3.98. The van der Waals surface area contributed by atoms with Crippen molar-refractivity contribution in [3.05, 3.63) is 70.4 Å². The second-order valence-corrected chi connectivity index (χ2v) is 7.44. The van der Waals surface area contributed by atoms with Gasteiger partial charge in [-0.2, -0.15) is 5.10 Å². The van der Waals surface area contributed by atoms with Crippen LogP contribution in [0.3, 0.4) is 0 Å². The molecule has 31 heavy (non-hydrogen) atoms. The van der Waals surface area contributed by atoms with Crippen molar-refractivity contribution in [2.45, 2.75) is 6.54 Å². The summed E-state index contributed by atoms with van der Waals surface area (Å²) in [6, 6.07) is 12.8. The first-order valence-electron chi connectivity index (χ1n) is 9.41. The van der Waals surface area contributed by atoms with Gasteiger partial charge in [0.2, 0.25) is 5.91 Å². The number of imidazole rings is 1. The summed E-state index contributed by atoms with van der Waals surface area (Å²) in [6.07, 6.45) is 2.79. The number of halogens is 1. The van der Waals surface area contributed by atoms with Crippen LogP contribution in [0, 0.1) is 0 Å². The molecule has 0 bridgehead atoms. The fourth-order valence-corrected chi connectivity index (χ4v) is 3.63. The lowest BCUT2D eigenvalue weighted by molar-refractivity contribution is -0.116. The quantitative estimate of drug-likeness (QED) is 0.452. The number of nitrogens with one attached hydrogen (secondary N) is 2. The van der Waals surface area contributed by atoms with Gasteiger partial charge < -0.3 is 10.3 Å². The van der Waals surface area contributed by atoms with E-state index < -0.39 is 0 Å². The highest BCUT2D eigenvalue weighted by Crippen LogP contribution is 2.28. The molecule has 0 saturated carbocycles. The summed E-state index contributed by atoms with van der Waals surface area (Å²) in [4.78, 5) is 37.0. The van der Waals surface area contributed by atoms with Gasteiger partial charge in [0.25, 0.3) is 5.56 Å². The third-order valence-electron chi connectivity index (χ3n) is 4.93. The molecule has 1 amide bonds. The number of fused-ring (bicyclic) bond motifs is 2. The summed E-state index contributed by atoms with van der Waals surface area (Å²) in [6.45, 7) is -0.164. The third kappa shape index (κ3) is 3.44. The van der Waals surface area contributed by atoms with Crippen LogP contribution in [-0.2, 0) is 18.4 Å². The van der Waals surface area contributed by atoms with Crippen molar-refractivity contribution in [3.8, 4) is 11.4 Å². The molecule has 3 aromatic heterocycles. The minimum absolute atomic E-state index is 0.164. The molecule has 0 aliphatic rings. The second-order valence-electron chi connectivity index (χ2n) is 7.03. The zero-order valence-corrected chi connectivity index (χ0v) is 17.1. The Morgan fingerprint density at radius 1 is 1.23 bits per heavy atom. The van der Waals surface area contributed by atoms with Crippen molar-refractivity contribution in [2.24, 2.45) is 7.05 Å². The molecule has 0 aliphatic carbocycles. The lowest BCUT2D eigenvalue weighted by atomic mass is 10.2. The number of aromatic nitrogens is 6. The number of aryl methyl sites for hydroxylation is 1. The van der Waals surface area contributed by atoms with Crippen molar-refractivity contribution in [3.63, 3.8) is 0 Å². The van der Waals surface area contributed by atoms with Gasteiger partial charge in [-0.3, -0.25) is 18.8 Å². The lowest BCUT2D eigenvalue weighted by Gasteiger charge is -2.07. The fourth-order valence-electron chi connectivity index (χ4n) is 3.40. The van der Waals surface area contributed by atoms with Gasteiger partial charge in [-0.1, -0.05) is 23.7 Å². The molecule has 5 rings (SSSR count). The molecule has 2 N–H and O–H groups in total. The summed E-state index contributed by atoms with van der Waals surface area (Å²) in [7, 11) is 1.70. The van der Waals surface area contributed by atoms with Crippen molar-refractivity contribution in [1.82, 2.24) is 29.3 Å². The Balaban J connectivity index is 1.38. The summed E-state index contributed by atoms with van der Waals surface area (Å²) < 4.78 is 2.77. The van der Waals surface area contributed by atoms with E-state index in [1.165, 1.54) is 21.8 Å². The van der Waals surface area contributed by atoms with Crippen molar-refractivity contribution in [1.29, 1.82) is 0 Å². The van der Waals surface area contributed by atoms with E-state index in [9.17, 15) is 9.59 Å². The molecule has 0 fully saturated rings. The maximum absolute atomic E-state index is 12.5. The summed E-state index contributed by atoms with van der Waals surface area (Å²) in [5.74, 6) is 0.295. The summed E-state index contributed by atoms with van der Waals surface area (Å²) in [5, 5.41) is 7.79. The Kier molecular flexibility index (Phi) is 4.52. The van der Waals surface area contributed by atoms with E-state index in [2.05, 4.69) is 25.4 Å². The van der Waals surface area contributed by atoms with E-state index in [1.807, 2.05) is 18.2 Å². The number of amides is 1. The van der Waals surface area contributed by atoms with Crippen LogP contribution in [0.1, 0.15) is 0 Å². The van der Waals surface area contributed by atoms with Gasteiger partial charge in [-0.15, -0.1) is 0 Å². The molecule has 0 unspecified atom stereocenters. The maximum atomic E-state index is 12.5. The number of carbonyl (C=O) groups excluding carboxylic acids is 1. The number of nitrogens with zero attached hydrogens (tertiary/aromatic N) is 5. The van der Waals surface area contributed by atoms with E-state index in [1.54, 1.807) is 31.3 Å². The molecule has 0 atom stereocenters. The molecule has 2 aromatic carbocycles. The molecule has 0 aliphatic heterocycles. The first-order chi connectivity index (χ1) is 15.0. The van der Waals surface area contributed by atoms with Crippen LogP contribution in [0.4, 0.5) is 5.69 Å². The van der Waals surface area contributed by atoms with Crippen LogP contribution in [0.25, 0.3) is 33.5 Å². The van der Waals surface area contributed by atoms with E-state index in [4.69, 9.17) is 11.6 Å². The number of anilines is 1. The second kappa shape index (κ2) is 7.37. The van der Waals surface area contributed by atoms with Crippen LogP contribution in [0.2, 0.25) is 5.02 Å². The minimum Gasteiger partial charge on any atom is -0.338 e. The maximum Gasteiger partial charge on any atom is 0.264 e. The molecule has 0 spiro atoms.